The Morgan fingerprint density at radius 2 is 2.36 bits per heavy atom. The van der Waals surface area contributed by atoms with Gasteiger partial charge >= 0.3 is 0 Å². The number of halogens is 1. The largest absolute Gasteiger partial charge is 0.218 e. The summed E-state index contributed by atoms with van der Waals surface area (Å²) in [5.41, 5.74) is 0.474. The van der Waals surface area contributed by atoms with Crippen molar-refractivity contribution in [2.45, 2.75) is 5.75 Å². The molecule has 0 fully saturated rings. The zero-order valence-corrected chi connectivity index (χ0v) is 8.70. The summed E-state index contributed by atoms with van der Waals surface area (Å²) in [7, 11) is -1.37. The van der Waals surface area contributed by atoms with Crippen LogP contribution < -0.4 is 0 Å². The maximum absolute atomic E-state index is 10.7. The molecule has 0 N–H and O–H groups in total. The van der Waals surface area contributed by atoms with E-state index in [1.54, 1.807) is 7.05 Å². The molecule has 0 saturated carbocycles. The standard InChI is InChI=1S/C4H6IN3O2S/c1-8-6-2-4(7-8)3-11(5,9)10/h2H,3H2,1H3. The van der Waals surface area contributed by atoms with Crippen molar-refractivity contribution >= 4 is 28.2 Å². The number of aryl methyl sites for hydroxylation is 1. The Kier molecular flexibility index (Phi) is 2.47. The van der Waals surface area contributed by atoms with E-state index in [9.17, 15) is 8.42 Å². The van der Waals surface area contributed by atoms with E-state index in [-0.39, 0.29) is 5.75 Å². The fourth-order valence-electron chi connectivity index (χ4n) is 0.631. The van der Waals surface area contributed by atoms with Gasteiger partial charge in [-0.1, -0.05) is 0 Å². The molecule has 7 heteroatoms. The first-order chi connectivity index (χ1) is 4.97. The van der Waals surface area contributed by atoms with Crippen molar-refractivity contribution in [3.63, 3.8) is 0 Å². The summed E-state index contributed by atoms with van der Waals surface area (Å²) >= 11 is 1.38. The van der Waals surface area contributed by atoms with Crippen molar-refractivity contribution < 1.29 is 8.42 Å². The van der Waals surface area contributed by atoms with Crippen LogP contribution in [0.2, 0.25) is 0 Å². The SMILES string of the molecule is Cn1ncc(CS(=O)(=O)I)n1. The number of nitrogens with zero attached hydrogens (tertiary/aromatic N) is 3. The first-order valence-corrected chi connectivity index (χ1v) is 6.94. The van der Waals surface area contributed by atoms with Gasteiger partial charge in [0.25, 0.3) is 0 Å². The van der Waals surface area contributed by atoms with E-state index in [0.29, 0.717) is 5.69 Å². The van der Waals surface area contributed by atoms with Crippen LogP contribution in [0, 0.1) is 0 Å². The van der Waals surface area contributed by atoms with Gasteiger partial charge in [-0.25, -0.2) is 8.42 Å². The Hall–Kier alpha value is -0.180. The zero-order valence-electron chi connectivity index (χ0n) is 5.73. The number of hydrogen-bond acceptors (Lipinski definition) is 4. The minimum absolute atomic E-state index is 0.0542. The first kappa shape index (κ1) is 8.91. The Balaban J connectivity index is 2.81. The second-order valence-electron chi connectivity index (χ2n) is 2.01. The molecule has 62 valence electrons. The van der Waals surface area contributed by atoms with E-state index in [0.717, 1.165) is 0 Å². The van der Waals surface area contributed by atoms with Crippen LogP contribution in [0.5, 0.6) is 0 Å². The average Bonchev–Trinajstić information content (AvgIpc) is 2.10. The van der Waals surface area contributed by atoms with Gasteiger partial charge in [-0.15, -0.1) is 0 Å². The molecule has 1 aromatic rings. The van der Waals surface area contributed by atoms with E-state index >= 15 is 0 Å². The summed E-state index contributed by atoms with van der Waals surface area (Å²) in [5, 5.41) is 7.56. The lowest BCUT2D eigenvalue weighted by Gasteiger charge is -1.88. The fraction of sp³-hybridized carbons (Fsp3) is 0.500. The second-order valence-corrected chi connectivity index (χ2v) is 7.40. The molecule has 0 bridgehead atoms. The lowest BCUT2D eigenvalue weighted by Crippen LogP contribution is -1.97. The van der Waals surface area contributed by atoms with Gasteiger partial charge in [-0.05, 0) is 0 Å². The summed E-state index contributed by atoms with van der Waals surface area (Å²) in [6.45, 7) is 0. The van der Waals surface area contributed by atoms with Crippen LogP contribution in [0.3, 0.4) is 0 Å². The van der Waals surface area contributed by atoms with Gasteiger partial charge in [-0.2, -0.15) is 15.0 Å². The van der Waals surface area contributed by atoms with E-state index < -0.39 is 7.01 Å². The monoisotopic (exact) mass is 287 g/mol. The normalized spacial score (nSPS) is 11.8. The lowest BCUT2D eigenvalue weighted by atomic mass is 10.6. The van der Waals surface area contributed by atoms with Gasteiger partial charge in [0, 0.05) is 7.05 Å². The topological polar surface area (TPSA) is 64.8 Å². The molecule has 11 heavy (non-hydrogen) atoms. The molecule has 0 aliphatic rings. The minimum Gasteiger partial charge on any atom is -0.218 e. The van der Waals surface area contributed by atoms with Crippen molar-refractivity contribution in [2.75, 3.05) is 0 Å². The van der Waals surface area contributed by atoms with E-state index in [4.69, 9.17) is 0 Å². The Morgan fingerprint density at radius 3 is 2.73 bits per heavy atom. The third-order valence-electron chi connectivity index (χ3n) is 0.967. The molecule has 0 atom stereocenters. The zero-order chi connectivity index (χ0) is 8.48. The molecule has 0 aliphatic carbocycles. The number of rotatable bonds is 2. The highest BCUT2D eigenvalue weighted by atomic mass is 127. The number of aromatic nitrogens is 3. The predicted molar refractivity (Wildman–Crippen MR) is 47.6 cm³/mol. The third kappa shape index (κ3) is 3.14. The summed E-state index contributed by atoms with van der Waals surface area (Å²) in [6, 6.07) is 0. The molecule has 0 aliphatic heterocycles. The quantitative estimate of drug-likeness (QED) is 0.571. The summed E-state index contributed by atoms with van der Waals surface area (Å²) in [4.78, 5) is 1.33. The van der Waals surface area contributed by atoms with Crippen LogP contribution in [0.25, 0.3) is 0 Å². The van der Waals surface area contributed by atoms with Gasteiger partial charge in [0.05, 0.1) is 33.1 Å². The van der Waals surface area contributed by atoms with Crippen molar-refractivity contribution in [1.29, 1.82) is 0 Å². The van der Waals surface area contributed by atoms with E-state index in [2.05, 4.69) is 10.2 Å². The molecule has 0 saturated heterocycles. The highest BCUT2D eigenvalue weighted by molar-refractivity contribution is 14.2. The van der Waals surface area contributed by atoms with Crippen LogP contribution in [-0.2, 0) is 19.8 Å². The molecule has 1 rings (SSSR count). The molecule has 0 aromatic carbocycles. The molecule has 5 nitrogen and oxygen atoms in total. The Morgan fingerprint density at radius 1 is 1.73 bits per heavy atom. The Bertz CT molecular complexity index is 344. The van der Waals surface area contributed by atoms with Gasteiger partial charge in [0.1, 0.15) is 5.75 Å². The molecule has 1 aromatic heterocycles. The number of hydrogen-bond donors (Lipinski definition) is 0. The van der Waals surface area contributed by atoms with Gasteiger partial charge < -0.3 is 0 Å². The van der Waals surface area contributed by atoms with E-state index in [1.807, 2.05) is 0 Å². The minimum atomic E-state index is -3.01. The van der Waals surface area contributed by atoms with Gasteiger partial charge in [0.15, 0.2) is 0 Å². The van der Waals surface area contributed by atoms with Crippen LogP contribution in [0.15, 0.2) is 6.20 Å². The molecule has 0 unspecified atom stereocenters. The maximum Gasteiger partial charge on any atom is 0.208 e. The van der Waals surface area contributed by atoms with Crippen molar-refractivity contribution in [2.24, 2.45) is 7.05 Å². The van der Waals surface area contributed by atoms with Crippen LogP contribution >= 0.6 is 21.2 Å². The first-order valence-electron chi connectivity index (χ1n) is 2.75. The second kappa shape index (κ2) is 3.05. The molecule has 0 radical (unpaired) electrons. The van der Waals surface area contributed by atoms with Gasteiger partial charge in [0.2, 0.25) is 7.01 Å². The van der Waals surface area contributed by atoms with Crippen LogP contribution in [0.4, 0.5) is 0 Å². The summed E-state index contributed by atoms with van der Waals surface area (Å²) in [6.07, 6.45) is 1.44. The molecular weight excluding hydrogens is 281 g/mol. The summed E-state index contributed by atoms with van der Waals surface area (Å²) in [5.74, 6) is -0.0542. The van der Waals surface area contributed by atoms with E-state index in [1.165, 1.54) is 32.2 Å². The molecule has 1 heterocycles. The highest BCUT2D eigenvalue weighted by Crippen LogP contribution is 2.08. The molecular formula is C4H6IN3O2S. The fourth-order valence-corrected chi connectivity index (χ4v) is 2.07. The summed E-state index contributed by atoms with van der Waals surface area (Å²) < 4.78 is 21.4. The molecule has 0 spiro atoms. The highest BCUT2D eigenvalue weighted by Gasteiger charge is 2.08. The van der Waals surface area contributed by atoms with Crippen molar-refractivity contribution in [3.05, 3.63) is 11.9 Å². The third-order valence-corrected chi connectivity index (χ3v) is 2.54. The predicted octanol–water partition coefficient (Wildman–Crippen LogP) is 0.0799. The van der Waals surface area contributed by atoms with Gasteiger partial charge in [-0.3, -0.25) is 0 Å². The van der Waals surface area contributed by atoms with Crippen LogP contribution in [-0.4, -0.2) is 23.4 Å². The lowest BCUT2D eigenvalue weighted by molar-refractivity contribution is 0.609. The Labute approximate surface area is 76.3 Å². The average molecular weight is 287 g/mol. The smallest absolute Gasteiger partial charge is 0.208 e. The molecule has 0 amide bonds. The van der Waals surface area contributed by atoms with Crippen LogP contribution in [0.1, 0.15) is 5.69 Å². The maximum atomic E-state index is 10.7. The van der Waals surface area contributed by atoms with Crippen molar-refractivity contribution in [3.8, 4) is 0 Å². The van der Waals surface area contributed by atoms with Crippen molar-refractivity contribution in [1.82, 2.24) is 15.0 Å².